The van der Waals surface area contributed by atoms with Gasteiger partial charge in [-0.25, -0.2) is 0 Å². The third-order valence-corrected chi connectivity index (χ3v) is 5.16. The fourth-order valence-electron chi connectivity index (χ4n) is 1.79. The highest BCUT2D eigenvalue weighted by Gasteiger charge is 2.18. The molecule has 1 aromatic carbocycles. The zero-order valence-electron chi connectivity index (χ0n) is 9.71. The van der Waals surface area contributed by atoms with Crippen LogP contribution in [0, 0.1) is 0 Å². The lowest BCUT2D eigenvalue weighted by Crippen LogP contribution is -2.21. The third-order valence-electron chi connectivity index (χ3n) is 2.57. The minimum atomic E-state index is 0.0810. The fourth-order valence-corrected chi connectivity index (χ4v) is 3.74. The average molecular weight is 365 g/mol. The maximum atomic E-state index is 6.30. The Hall–Kier alpha value is -0.0600. The molecule has 0 aliphatic heterocycles. The van der Waals surface area contributed by atoms with Crippen LogP contribution in [0.5, 0.6) is 0 Å². The lowest BCUT2D eigenvalue weighted by molar-refractivity contribution is 0.640. The predicted molar refractivity (Wildman–Crippen MR) is 84.0 cm³/mol. The highest BCUT2D eigenvalue weighted by Crippen LogP contribution is 2.36. The quantitative estimate of drug-likeness (QED) is 0.753. The summed E-state index contributed by atoms with van der Waals surface area (Å²) in [5.74, 6) is 0. The summed E-state index contributed by atoms with van der Waals surface area (Å²) in [5, 5.41) is 6.72. The molecule has 0 amide bonds. The van der Waals surface area contributed by atoms with Crippen molar-refractivity contribution in [3.05, 3.63) is 54.6 Å². The molecule has 5 heteroatoms. The molecule has 96 valence electrons. The zero-order valence-corrected chi connectivity index (χ0v) is 13.6. The molecule has 0 radical (unpaired) electrons. The molecule has 0 saturated heterocycles. The van der Waals surface area contributed by atoms with Gasteiger partial charge >= 0.3 is 0 Å². The molecule has 2 aromatic rings. The second kappa shape index (κ2) is 6.40. The molecular formula is C13H12BrCl2NS. The van der Waals surface area contributed by atoms with Crippen LogP contribution in [0.4, 0.5) is 0 Å². The molecule has 0 saturated carbocycles. The molecule has 0 aliphatic carbocycles. The summed E-state index contributed by atoms with van der Waals surface area (Å²) in [6.07, 6.45) is 0. The molecule has 1 heterocycles. The first kappa shape index (κ1) is 14.4. The number of hydrogen-bond acceptors (Lipinski definition) is 2. The Kier molecular flexibility index (Phi) is 5.10. The molecule has 1 nitrogen and oxygen atoms in total. The van der Waals surface area contributed by atoms with E-state index in [0.717, 1.165) is 16.6 Å². The summed E-state index contributed by atoms with van der Waals surface area (Å²) in [6, 6.07) is 7.93. The molecule has 0 aliphatic rings. The van der Waals surface area contributed by atoms with Crippen molar-refractivity contribution < 1.29 is 0 Å². The first-order valence-corrected chi connectivity index (χ1v) is 7.97. The predicted octanol–water partition coefficient (Wildman–Crippen LogP) is 5.52. The maximum Gasteiger partial charge on any atom is 0.0686 e. The van der Waals surface area contributed by atoms with Gasteiger partial charge in [-0.15, -0.1) is 11.3 Å². The van der Waals surface area contributed by atoms with Crippen LogP contribution >= 0.6 is 50.5 Å². The molecule has 1 aromatic heterocycles. The van der Waals surface area contributed by atoms with Crippen LogP contribution in [0.25, 0.3) is 0 Å². The second-order valence-corrected chi connectivity index (χ2v) is 6.44. The van der Waals surface area contributed by atoms with E-state index in [1.54, 1.807) is 17.4 Å². The van der Waals surface area contributed by atoms with E-state index in [4.69, 9.17) is 23.2 Å². The van der Waals surface area contributed by atoms with Crippen molar-refractivity contribution in [2.45, 2.75) is 13.0 Å². The first-order valence-electron chi connectivity index (χ1n) is 5.54. The van der Waals surface area contributed by atoms with Crippen molar-refractivity contribution in [1.82, 2.24) is 5.32 Å². The Morgan fingerprint density at radius 3 is 2.78 bits per heavy atom. The number of nitrogens with one attached hydrogen (secondary N) is 1. The molecule has 0 fully saturated rings. The molecule has 0 spiro atoms. The summed E-state index contributed by atoms with van der Waals surface area (Å²) in [7, 11) is 0. The highest BCUT2D eigenvalue weighted by atomic mass is 79.9. The average Bonchev–Trinajstić information content (AvgIpc) is 2.77. The first-order chi connectivity index (χ1) is 8.63. The van der Waals surface area contributed by atoms with E-state index < -0.39 is 0 Å². The van der Waals surface area contributed by atoms with Gasteiger partial charge in [0, 0.05) is 14.7 Å². The van der Waals surface area contributed by atoms with Crippen LogP contribution in [-0.4, -0.2) is 6.54 Å². The van der Waals surface area contributed by atoms with Crippen LogP contribution in [-0.2, 0) is 0 Å². The number of hydrogen-bond donors (Lipinski definition) is 1. The molecule has 0 bridgehead atoms. The molecule has 1 atom stereocenters. The van der Waals surface area contributed by atoms with E-state index >= 15 is 0 Å². The van der Waals surface area contributed by atoms with Gasteiger partial charge < -0.3 is 5.32 Å². The van der Waals surface area contributed by atoms with Crippen LogP contribution in [0.3, 0.4) is 0 Å². The lowest BCUT2D eigenvalue weighted by Gasteiger charge is -2.18. The van der Waals surface area contributed by atoms with E-state index in [1.165, 1.54) is 4.88 Å². The van der Waals surface area contributed by atoms with Gasteiger partial charge in [0.05, 0.1) is 16.1 Å². The summed E-state index contributed by atoms with van der Waals surface area (Å²) in [4.78, 5) is 1.22. The minimum Gasteiger partial charge on any atom is -0.306 e. The van der Waals surface area contributed by atoms with Gasteiger partial charge in [0.25, 0.3) is 0 Å². The Labute approximate surface area is 129 Å². The molecular weight excluding hydrogens is 353 g/mol. The minimum absolute atomic E-state index is 0.0810. The van der Waals surface area contributed by atoms with Gasteiger partial charge in [-0.2, -0.15) is 0 Å². The number of halogens is 3. The van der Waals surface area contributed by atoms with Crippen LogP contribution < -0.4 is 5.32 Å². The SMILES string of the molecule is CCNC(c1cc(Br)cs1)c1cccc(Cl)c1Cl. The molecule has 2 rings (SSSR count). The number of benzene rings is 1. The van der Waals surface area contributed by atoms with Crippen molar-refractivity contribution in [1.29, 1.82) is 0 Å². The zero-order chi connectivity index (χ0) is 13.1. The van der Waals surface area contributed by atoms with Crippen molar-refractivity contribution in [2.24, 2.45) is 0 Å². The van der Waals surface area contributed by atoms with Gasteiger partial charge in [0.15, 0.2) is 0 Å². The van der Waals surface area contributed by atoms with Gasteiger partial charge in [-0.05, 0) is 40.2 Å². The standard InChI is InChI=1S/C13H12BrCl2NS/c1-2-17-13(11-6-8(14)7-18-11)9-4-3-5-10(15)12(9)16/h3-7,13,17H,2H2,1H3. The number of rotatable bonds is 4. The Bertz CT molecular complexity index is 542. The van der Waals surface area contributed by atoms with Gasteiger partial charge in [-0.3, -0.25) is 0 Å². The van der Waals surface area contributed by atoms with Gasteiger partial charge in [-0.1, -0.05) is 42.3 Å². The number of thiophene rings is 1. The van der Waals surface area contributed by atoms with Crippen LogP contribution in [0.2, 0.25) is 10.0 Å². The maximum absolute atomic E-state index is 6.30. The normalized spacial score (nSPS) is 12.7. The largest absolute Gasteiger partial charge is 0.306 e. The third kappa shape index (κ3) is 3.09. The summed E-state index contributed by atoms with van der Waals surface area (Å²) in [5.41, 5.74) is 1.01. The van der Waals surface area contributed by atoms with Crippen LogP contribution in [0.15, 0.2) is 34.1 Å². The van der Waals surface area contributed by atoms with Crippen molar-refractivity contribution in [2.75, 3.05) is 6.54 Å². The van der Waals surface area contributed by atoms with E-state index in [1.807, 2.05) is 12.1 Å². The summed E-state index contributed by atoms with van der Waals surface area (Å²) >= 11 is 17.6. The summed E-state index contributed by atoms with van der Waals surface area (Å²) < 4.78 is 1.09. The Balaban J connectivity index is 2.44. The fraction of sp³-hybridized carbons (Fsp3) is 0.231. The molecule has 1 N–H and O–H groups in total. The monoisotopic (exact) mass is 363 g/mol. The highest BCUT2D eigenvalue weighted by molar-refractivity contribution is 9.10. The lowest BCUT2D eigenvalue weighted by atomic mass is 10.1. The van der Waals surface area contributed by atoms with Gasteiger partial charge in [0.2, 0.25) is 0 Å². The van der Waals surface area contributed by atoms with Crippen LogP contribution in [0.1, 0.15) is 23.4 Å². The van der Waals surface area contributed by atoms with Crippen molar-refractivity contribution in [3.8, 4) is 0 Å². The second-order valence-electron chi connectivity index (χ2n) is 3.80. The topological polar surface area (TPSA) is 12.0 Å². The van der Waals surface area contributed by atoms with Gasteiger partial charge in [0.1, 0.15) is 0 Å². The Morgan fingerprint density at radius 1 is 1.39 bits per heavy atom. The van der Waals surface area contributed by atoms with E-state index in [2.05, 4.69) is 39.6 Å². The molecule has 1 unspecified atom stereocenters. The van der Waals surface area contributed by atoms with E-state index in [-0.39, 0.29) is 6.04 Å². The van der Waals surface area contributed by atoms with E-state index in [9.17, 15) is 0 Å². The summed E-state index contributed by atoms with van der Waals surface area (Å²) in [6.45, 7) is 2.94. The Morgan fingerprint density at radius 2 is 2.17 bits per heavy atom. The smallest absolute Gasteiger partial charge is 0.0686 e. The van der Waals surface area contributed by atoms with E-state index in [0.29, 0.717) is 10.0 Å². The molecule has 18 heavy (non-hydrogen) atoms. The van der Waals surface area contributed by atoms with Crippen molar-refractivity contribution in [3.63, 3.8) is 0 Å². The van der Waals surface area contributed by atoms with Crippen molar-refractivity contribution >= 4 is 50.5 Å².